The van der Waals surface area contributed by atoms with Gasteiger partial charge in [0, 0.05) is 18.3 Å². The molecular weight excluding hydrogens is 332 g/mol. The van der Waals surface area contributed by atoms with Gasteiger partial charge in [-0.15, -0.1) is 0 Å². The minimum absolute atomic E-state index is 0.0712. The third-order valence-corrected chi connectivity index (χ3v) is 4.94. The number of amides is 1. The van der Waals surface area contributed by atoms with Crippen molar-refractivity contribution in [2.24, 2.45) is 0 Å². The highest BCUT2D eigenvalue weighted by Crippen LogP contribution is 2.22. The molecular formula is C19H26N4O3. The maximum absolute atomic E-state index is 12.9. The number of rotatable bonds is 5. The van der Waals surface area contributed by atoms with Gasteiger partial charge in [-0.25, -0.2) is 9.78 Å². The molecule has 0 aliphatic heterocycles. The van der Waals surface area contributed by atoms with Crippen molar-refractivity contribution in [3.63, 3.8) is 0 Å². The number of nitrogens with one attached hydrogen (secondary N) is 2. The molecule has 26 heavy (non-hydrogen) atoms. The van der Waals surface area contributed by atoms with Gasteiger partial charge in [-0.05, 0) is 31.2 Å². The number of pyridine rings is 1. The number of carbonyl (C=O) groups excluding carboxylic acids is 1. The first-order valence-corrected chi connectivity index (χ1v) is 9.41. The third-order valence-electron chi connectivity index (χ3n) is 4.94. The van der Waals surface area contributed by atoms with Crippen molar-refractivity contribution in [2.75, 3.05) is 0 Å². The fraction of sp³-hybridized carbons (Fsp3) is 0.579. The molecule has 2 heterocycles. The Morgan fingerprint density at radius 2 is 2.04 bits per heavy atom. The van der Waals surface area contributed by atoms with Crippen molar-refractivity contribution in [3.05, 3.63) is 38.2 Å². The number of aromatic nitrogens is 3. The van der Waals surface area contributed by atoms with Crippen molar-refractivity contribution in [2.45, 2.75) is 71.4 Å². The van der Waals surface area contributed by atoms with Crippen LogP contribution in [0.1, 0.15) is 74.8 Å². The monoisotopic (exact) mass is 358 g/mol. The summed E-state index contributed by atoms with van der Waals surface area (Å²) in [6.45, 7) is 6.33. The van der Waals surface area contributed by atoms with Crippen LogP contribution in [0.15, 0.2) is 15.7 Å². The van der Waals surface area contributed by atoms with Gasteiger partial charge in [0.05, 0.1) is 10.9 Å². The van der Waals surface area contributed by atoms with Crippen LogP contribution < -0.4 is 16.6 Å². The number of fused-ring (bicyclic) bond motifs is 1. The van der Waals surface area contributed by atoms with Gasteiger partial charge in [-0.3, -0.25) is 19.1 Å². The molecule has 140 valence electrons. The van der Waals surface area contributed by atoms with Gasteiger partial charge in [0.1, 0.15) is 0 Å². The molecule has 2 aromatic rings. The molecule has 0 aromatic carbocycles. The zero-order valence-corrected chi connectivity index (χ0v) is 15.6. The molecule has 1 aliphatic carbocycles. The van der Waals surface area contributed by atoms with Crippen LogP contribution >= 0.6 is 0 Å². The van der Waals surface area contributed by atoms with E-state index >= 15 is 0 Å². The van der Waals surface area contributed by atoms with Crippen LogP contribution in [0, 0.1) is 0 Å². The average molecular weight is 358 g/mol. The SMILES string of the molecule is CCCn1c(=O)[nH]c(=O)c2c(C(=O)NC3CCCC3)cc(C(C)C)nc21. The Morgan fingerprint density at radius 1 is 1.35 bits per heavy atom. The van der Waals surface area contributed by atoms with Crippen molar-refractivity contribution in [3.8, 4) is 0 Å². The average Bonchev–Trinajstić information content (AvgIpc) is 3.10. The number of hydrogen-bond acceptors (Lipinski definition) is 4. The summed E-state index contributed by atoms with van der Waals surface area (Å²) < 4.78 is 1.45. The van der Waals surface area contributed by atoms with E-state index in [1.54, 1.807) is 6.07 Å². The Kier molecular flexibility index (Phi) is 5.25. The summed E-state index contributed by atoms with van der Waals surface area (Å²) in [5.74, 6) is -0.194. The van der Waals surface area contributed by atoms with E-state index in [0.717, 1.165) is 32.1 Å². The summed E-state index contributed by atoms with van der Waals surface area (Å²) in [6, 6.07) is 1.83. The van der Waals surface area contributed by atoms with E-state index in [0.29, 0.717) is 23.4 Å². The van der Waals surface area contributed by atoms with Crippen LogP contribution in [-0.4, -0.2) is 26.5 Å². The second kappa shape index (κ2) is 7.43. The molecule has 2 N–H and O–H groups in total. The number of aryl methyl sites for hydroxylation is 1. The molecule has 1 saturated carbocycles. The van der Waals surface area contributed by atoms with E-state index in [-0.39, 0.29) is 23.3 Å². The van der Waals surface area contributed by atoms with Crippen LogP contribution in [-0.2, 0) is 6.54 Å². The summed E-state index contributed by atoms with van der Waals surface area (Å²) >= 11 is 0. The molecule has 0 unspecified atom stereocenters. The lowest BCUT2D eigenvalue weighted by molar-refractivity contribution is 0.0939. The number of nitrogens with zero attached hydrogens (tertiary/aromatic N) is 2. The minimum atomic E-state index is -0.559. The molecule has 0 atom stereocenters. The van der Waals surface area contributed by atoms with Crippen LogP contribution in [0.5, 0.6) is 0 Å². The third kappa shape index (κ3) is 3.43. The number of H-pyrrole nitrogens is 1. The molecule has 0 bridgehead atoms. The second-order valence-corrected chi connectivity index (χ2v) is 7.31. The lowest BCUT2D eigenvalue weighted by Crippen LogP contribution is -2.36. The van der Waals surface area contributed by atoms with Gasteiger partial charge in [0.2, 0.25) is 0 Å². The van der Waals surface area contributed by atoms with Gasteiger partial charge >= 0.3 is 5.69 Å². The van der Waals surface area contributed by atoms with Crippen LogP contribution in [0.25, 0.3) is 11.0 Å². The predicted molar refractivity (Wildman–Crippen MR) is 101 cm³/mol. The summed E-state index contributed by atoms with van der Waals surface area (Å²) in [5.41, 5.74) is 0.251. The first-order chi connectivity index (χ1) is 12.4. The molecule has 0 spiro atoms. The number of carbonyl (C=O) groups is 1. The molecule has 3 rings (SSSR count). The zero-order valence-electron chi connectivity index (χ0n) is 15.6. The quantitative estimate of drug-likeness (QED) is 0.857. The standard InChI is InChI=1S/C19H26N4O3/c1-4-9-23-16-15(18(25)22-19(23)26)13(10-14(21-16)11(2)3)17(24)20-12-7-5-6-8-12/h10-12H,4-9H2,1-3H3,(H,20,24)(H,22,25,26). The Morgan fingerprint density at radius 3 is 2.65 bits per heavy atom. The summed E-state index contributed by atoms with van der Waals surface area (Å²) in [7, 11) is 0. The summed E-state index contributed by atoms with van der Waals surface area (Å²) in [6.07, 6.45) is 4.86. The van der Waals surface area contributed by atoms with Crippen molar-refractivity contribution >= 4 is 16.9 Å². The summed E-state index contributed by atoms with van der Waals surface area (Å²) in [4.78, 5) is 44.6. The van der Waals surface area contributed by atoms with E-state index in [1.165, 1.54) is 4.57 Å². The number of aromatic amines is 1. The zero-order chi connectivity index (χ0) is 18.8. The largest absolute Gasteiger partial charge is 0.349 e. The maximum atomic E-state index is 12.9. The Balaban J connectivity index is 2.22. The molecule has 1 fully saturated rings. The van der Waals surface area contributed by atoms with Crippen molar-refractivity contribution in [1.82, 2.24) is 19.9 Å². The Bertz CT molecular complexity index is 936. The Labute approximate surface area is 151 Å². The van der Waals surface area contributed by atoms with Gasteiger partial charge in [0.15, 0.2) is 5.65 Å². The van der Waals surface area contributed by atoms with Gasteiger partial charge in [-0.2, -0.15) is 0 Å². The lowest BCUT2D eigenvalue weighted by Gasteiger charge is -2.16. The molecule has 7 nitrogen and oxygen atoms in total. The molecule has 1 aliphatic rings. The predicted octanol–water partition coefficient (Wildman–Crippen LogP) is 2.29. The van der Waals surface area contributed by atoms with E-state index < -0.39 is 11.2 Å². The lowest BCUT2D eigenvalue weighted by atomic mass is 10.0. The van der Waals surface area contributed by atoms with Crippen molar-refractivity contribution < 1.29 is 4.79 Å². The molecule has 2 aromatic heterocycles. The van der Waals surface area contributed by atoms with E-state index in [4.69, 9.17) is 0 Å². The topological polar surface area (TPSA) is 96.9 Å². The Hall–Kier alpha value is -2.44. The summed E-state index contributed by atoms with van der Waals surface area (Å²) in [5, 5.41) is 3.23. The minimum Gasteiger partial charge on any atom is -0.349 e. The highest BCUT2D eigenvalue weighted by molar-refractivity contribution is 6.05. The first kappa shape index (κ1) is 18.4. The van der Waals surface area contributed by atoms with Crippen molar-refractivity contribution in [1.29, 1.82) is 0 Å². The highest BCUT2D eigenvalue weighted by atomic mass is 16.2. The first-order valence-electron chi connectivity index (χ1n) is 9.41. The van der Waals surface area contributed by atoms with Gasteiger partial charge in [-0.1, -0.05) is 33.6 Å². The molecule has 7 heteroatoms. The van der Waals surface area contributed by atoms with Gasteiger partial charge < -0.3 is 5.32 Å². The van der Waals surface area contributed by atoms with Crippen LogP contribution in [0.2, 0.25) is 0 Å². The molecule has 0 saturated heterocycles. The molecule has 1 amide bonds. The van der Waals surface area contributed by atoms with E-state index in [9.17, 15) is 14.4 Å². The highest BCUT2D eigenvalue weighted by Gasteiger charge is 2.23. The number of hydrogen-bond donors (Lipinski definition) is 2. The molecule has 0 radical (unpaired) electrons. The fourth-order valence-electron chi connectivity index (χ4n) is 3.53. The van der Waals surface area contributed by atoms with E-state index in [1.807, 2.05) is 20.8 Å². The van der Waals surface area contributed by atoms with E-state index in [2.05, 4.69) is 15.3 Å². The smallest absolute Gasteiger partial charge is 0.329 e. The fourth-order valence-corrected chi connectivity index (χ4v) is 3.53. The van der Waals surface area contributed by atoms with Crippen LogP contribution in [0.4, 0.5) is 0 Å². The maximum Gasteiger partial charge on any atom is 0.329 e. The van der Waals surface area contributed by atoms with Gasteiger partial charge in [0.25, 0.3) is 11.5 Å². The normalized spacial score (nSPS) is 15.1. The van der Waals surface area contributed by atoms with Crippen LogP contribution in [0.3, 0.4) is 0 Å². The second-order valence-electron chi connectivity index (χ2n) is 7.31.